The number of halogens is 1. The normalized spacial score (nSPS) is 27.2. The van der Waals surface area contributed by atoms with Gasteiger partial charge >= 0.3 is 0 Å². The summed E-state index contributed by atoms with van der Waals surface area (Å²) in [7, 11) is 0. The molecular weight excluding hydrogens is 228 g/mol. The predicted molar refractivity (Wildman–Crippen MR) is 60.0 cm³/mol. The third-order valence-electron chi connectivity index (χ3n) is 3.08. The van der Waals surface area contributed by atoms with E-state index in [2.05, 4.69) is 0 Å². The molecule has 0 radical (unpaired) electrons. The first kappa shape index (κ1) is 9.66. The molecule has 1 saturated heterocycles. The van der Waals surface area contributed by atoms with Crippen molar-refractivity contribution in [3.63, 3.8) is 0 Å². The molecule has 1 aliphatic heterocycles. The van der Waals surface area contributed by atoms with Gasteiger partial charge in [-0.25, -0.2) is 4.90 Å². The van der Waals surface area contributed by atoms with Crippen LogP contribution in [0.1, 0.15) is 6.42 Å². The summed E-state index contributed by atoms with van der Waals surface area (Å²) in [5, 5.41) is 0.372. The molecule has 1 aliphatic carbocycles. The lowest BCUT2D eigenvalue weighted by atomic mass is 10.2. The fourth-order valence-corrected chi connectivity index (χ4v) is 2.32. The second-order valence-electron chi connectivity index (χ2n) is 4.17. The lowest BCUT2D eigenvalue weighted by molar-refractivity contribution is -0.123. The van der Waals surface area contributed by atoms with Crippen molar-refractivity contribution in [2.24, 2.45) is 11.8 Å². The average Bonchev–Trinajstić information content (AvgIpc) is 2.98. The van der Waals surface area contributed by atoms with Gasteiger partial charge in [-0.15, -0.1) is 0 Å². The molecule has 1 heterocycles. The van der Waals surface area contributed by atoms with Gasteiger partial charge in [0.25, 0.3) is 0 Å². The van der Waals surface area contributed by atoms with Crippen molar-refractivity contribution in [3.05, 3.63) is 23.2 Å². The van der Waals surface area contributed by atoms with Crippen LogP contribution < -0.4 is 10.6 Å². The second-order valence-corrected chi connectivity index (χ2v) is 4.58. The highest BCUT2D eigenvalue weighted by molar-refractivity contribution is 6.36. The van der Waals surface area contributed by atoms with Crippen molar-refractivity contribution in [1.82, 2.24) is 0 Å². The maximum Gasteiger partial charge on any atom is 0.237 e. The van der Waals surface area contributed by atoms with Gasteiger partial charge in [0, 0.05) is 5.69 Å². The molecule has 2 N–H and O–H groups in total. The van der Waals surface area contributed by atoms with Crippen molar-refractivity contribution in [2.75, 3.05) is 10.6 Å². The van der Waals surface area contributed by atoms with E-state index in [1.807, 2.05) is 0 Å². The Morgan fingerprint density at radius 2 is 1.88 bits per heavy atom. The van der Waals surface area contributed by atoms with E-state index >= 15 is 0 Å². The van der Waals surface area contributed by atoms with Gasteiger partial charge < -0.3 is 5.73 Å². The molecular formula is C11H9ClN2O2. The summed E-state index contributed by atoms with van der Waals surface area (Å²) in [6, 6.07) is 4.79. The Hall–Kier alpha value is -1.55. The van der Waals surface area contributed by atoms with Gasteiger partial charge in [-0.3, -0.25) is 9.59 Å². The largest absolute Gasteiger partial charge is 0.399 e. The zero-order chi connectivity index (χ0) is 11.4. The van der Waals surface area contributed by atoms with Crippen LogP contribution in [0.5, 0.6) is 0 Å². The van der Waals surface area contributed by atoms with Crippen molar-refractivity contribution >= 4 is 34.8 Å². The van der Waals surface area contributed by atoms with Gasteiger partial charge in [0.1, 0.15) is 0 Å². The second kappa shape index (κ2) is 2.98. The quantitative estimate of drug-likeness (QED) is 0.593. The molecule has 1 aromatic rings. The summed E-state index contributed by atoms with van der Waals surface area (Å²) in [5.74, 6) is -0.542. The number of nitrogen functional groups attached to an aromatic ring is 1. The molecule has 2 amide bonds. The number of hydrogen-bond acceptors (Lipinski definition) is 3. The number of benzene rings is 1. The van der Waals surface area contributed by atoms with Gasteiger partial charge in [0.15, 0.2) is 0 Å². The Labute approximate surface area is 97.0 Å². The molecule has 82 valence electrons. The molecule has 4 nitrogen and oxygen atoms in total. The summed E-state index contributed by atoms with van der Waals surface area (Å²) in [5.41, 5.74) is 6.52. The minimum Gasteiger partial charge on any atom is -0.399 e. The number of rotatable bonds is 1. The van der Waals surface area contributed by atoms with Crippen molar-refractivity contribution < 1.29 is 9.59 Å². The van der Waals surface area contributed by atoms with Crippen LogP contribution in [0.2, 0.25) is 5.02 Å². The number of amides is 2. The Bertz CT molecular complexity index is 495. The minimum atomic E-state index is -0.150. The van der Waals surface area contributed by atoms with E-state index < -0.39 is 0 Å². The first-order valence-corrected chi connectivity index (χ1v) is 5.40. The molecule has 2 aliphatic rings. The Morgan fingerprint density at radius 1 is 1.25 bits per heavy atom. The van der Waals surface area contributed by atoms with Crippen LogP contribution in [0, 0.1) is 11.8 Å². The van der Waals surface area contributed by atoms with E-state index in [1.165, 1.54) is 0 Å². The van der Waals surface area contributed by atoms with Gasteiger partial charge in [0.2, 0.25) is 11.8 Å². The van der Waals surface area contributed by atoms with E-state index in [-0.39, 0.29) is 23.7 Å². The smallest absolute Gasteiger partial charge is 0.237 e. The molecule has 0 spiro atoms. The molecule has 1 aromatic carbocycles. The molecule has 0 bridgehead atoms. The van der Waals surface area contributed by atoms with Crippen molar-refractivity contribution in [2.45, 2.75) is 6.42 Å². The maximum absolute atomic E-state index is 11.8. The fraction of sp³-hybridized carbons (Fsp3) is 0.273. The van der Waals surface area contributed by atoms with Crippen LogP contribution in [0.4, 0.5) is 11.4 Å². The number of nitrogens with zero attached hydrogens (tertiary/aromatic N) is 1. The first-order chi connectivity index (χ1) is 7.59. The van der Waals surface area contributed by atoms with Gasteiger partial charge in [-0.2, -0.15) is 0 Å². The molecule has 3 rings (SSSR count). The topological polar surface area (TPSA) is 63.4 Å². The molecule has 2 fully saturated rings. The summed E-state index contributed by atoms with van der Waals surface area (Å²) >= 11 is 5.97. The monoisotopic (exact) mass is 236 g/mol. The van der Waals surface area contributed by atoms with Gasteiger partial charge in [-0.1, -0.05) is 11.6 Å². The fourth-order valence-electron chi connectivity index (χ4n) is 2.12. The SMILES string of the molecule is Nc1ccc(Cl)c(N2C(=O)C3CC3C2=O)c1. The lowest BCUT2D eigenvalue weighted by Crippen LogP contribution is -2.33. The number of fused-ring (bicyclic) bond motifs is 1. The summed E-state index contributed by atoms with van der Waals surface area (Å²) in [6.45, 7) is 0. The third-order valence-corrected chi connectivity index (χ3v) is 3.40. The highest BCUT2D eigenvalue weighted by Gasteiger charge is 2.59. The number of nitrogens with two attached hydrogens (primary N) is 1. The average molecular weight is 237 g/mol. The number of hydrogen-bond donors (Lipinski definition) is 1. The van der Waals surface area contributed by atoms with E-state index in [1.54, 1.807) is 18.2 Å². The Kier molecular flexibility index (Phi) is 1.80. The van der Waals surface area contributed by atoms with Crippen LogP contribution in [-0.4, -0.2) is 11.8 Å². The summed E-state index contributed by atoms with van der Waals surface area (Å²) < 4.78 is 0. The standard InChI is InChI=1S/C11H9ClN2O2/c12-8-2-1-5(13)3-9(8)14-10(15)6-4-7(6)11(14)16/h1-3,6-7H,4,13H2. The van der Waals surface area contributed by atoms with E-state index in [0.29, 0.717) is 22.8 Å². The van der Waals surface area contributed by atoms with Crippen LogP contribution in [0.3, 0.4) is 0 Å². The van der Waals surface area contributed by atoms with E-state index in [4.69, 9.17) is 17.3 Å². The predicted octanol–water partition coefficient (Wildman–Crippen LogP) is 1.43. The molecule has 0 aromatic heterocycles. The molecule has 2 atom stereocenters. The number of anilines is 2. The Balaban J connectivity index is 2.07. The van der Waals surface area contributed by atoms with Gasteiger partial charge in [0.05, 0.1) is 22.5 Å². The first-order valence-electron chi connectivity index (χ1n) is 5.02. The van der Waals surface area contributed by atoms with Crippen LogP contribution in [0.15, 0.2) is 18.2 Å². The molecule has 16 heavy (non-hydrogen) atoms. The number of carbonyl (C=O) groups excluding carboxylic acids is 2. The number of piperidine rings is 1. The lowest BCUT2D eigenvalue weighted by Gasteiger charge is -2.18. The zero-order valence-electron chi connectivity index (χ0n) is 8.31. The van der Waals surface area contributed by atoms with Crippen LogP contribution >= 0.6 is 11.6 Å². The zero-order valence-corrected chi connectivity index (χ0v) is 9.07. The molecule has 2 unspecified atom stereocenters. The van der Waals surface area contributed by atoms with E-state index in [0.717, 1.165) is 4.90 Å². The maximum atomic E-state index is 11.8. The Morgan fingerprint density at radius 3 is 2.50 bits per heavy atom. The van der Waals surface area contributed by atoms with Gasteiger partial charge in [-0.05, 0) is 24.6 Å². The van der Waals surface area contributed by atoms with Crippen LogP contribution in [0.25, 0.3) is 0 Å². The number of carbonyl (C=O) groups is 2. The van der Waals surface area contributed by atoms with Crippen molar-refractivity contribution in [3.8, 4) is 0 Å². The highest BCUT2D eigenvalue weighted by atomic mass is 35.5. The van der Waals surface area contributed by atoms with E-state index in [9.17, 15) is 9.59 Å². The number of imide groups is 1. The highest BCUT2D eigenvalue weighted by Crippen LogP contribution is 2.49. The summed E-state index contributed by atoms with van der Waals surface area (Å²) in [6.07, 6.45) is 0.689. The minimum absolute atomic E-state index is 0.120. The molecule has 5 heteroatoms. The third kappa shape index (κ3) is 1.16. The van der Waals surface area contributed by atoms with Crippen molar-refractivity contribution in [1.29, 1.82) is 0 Å². The summed E-state index contributed by atoms with van der Waals surface area (Å²) in [4.78, 5) is 24.8. The molecule has 1 saturated carbocycles. The van der Waals surface area contributed by atoms with Crippen LogP contribution in [-0.2, 0) is 9.59 Å².